The maximum atomic E-state index is 5.98. The zero-order valence-corrected chi connectivity index (χ0v) is 16.0. The summed E-state index contributed by atoms with van der Waals surface area (Å²) in [4.78, 5) is 4.78. The van der Waals surface area contributed by atoms with Crippen molar-refractivity contribution in [3.8, 4) is 11.5 Å². The van der Waals surface area contributed by atoms with Crippen LogP contribution in [0, 0.1) is 6.92 Å². The molecule has 28 heavy (non-hydrogen) atoms. The highest BCUT2D eigenvalue weighted by atomic mass is 16.5. The largest absolute Gasteiger partial charge is 0.494 e. The number of para-hydroxylation sites is 3. The van der Waals surface area contributed by atoms with Crippen LogP contribution in [-0.2, 0) is 13.2 Å². The van der Waals surface area contributed by atoms with Crippen molar-refractivity contribution in [1.82, 2.24) is 9.55 Å². The Bertz CT molecular complexity index is 1020. The summed E-state index contributed by atoms with van der Waals surface area (Å²) in [6.45, 7) is 4.01. The van der Waals surface area contributed by atoms with E-state index in [0.29, 0.717) is 13.2 Å². The topological polar surface area (TPSA) is 36.3 Å². The van der Waals surface area contributed by atoms with Gasteiger partial charge in [0, 0.05) is 6.54 Å². The number of hydrogen-bond acceptors (Lipinski definition) is 3. The Morgan fingerprint density at radius 2 is 1.50 bits per heavy atom. The molecular formula is C24H24N2O2. The first-order valence-electron chi connectivity index (χ1n) is 9.61. The molecule has 0 atom stereocenters. The molecule has 0 N–H and O–H groups in total. The monoisotopic (exact) mass is 372 g/mol. The van der Waals surface area contributed by atoms with Gasteiger partial charge in [-0.05, 0) is 49.7 Å². The van der Waals surface area contributed by atoms with Crippen molar-refractivity contribution in [3.05, 3.63) is 90.3 Å². The maximum Gasteiger partial charge on any atom is 0.147 e. The van der Waals surface area contributed by atoms with Gasteiger partial charge in [-0.15, -0.1) is 0 Å². The van der Waals surface area contributed by atoms with Gasteiger partial charge in [-0.1, -0.05) is 48.0 Å². The summed E-state index contributed by atoms with van der Waals surface area (Å²) >= 11 is 0. The summed E-state index contributed by atoms with van der Waals surface area (Å²) in [7, 11) is 0. The lowest BCUT2D eigenvalue weighted by Gasteiger charge is -2.11. The summed E-state index contributed by atoms with van der Waals surface area (Å²) in [5.41, 5.74) is 3.34. The third-order valence-electron chi connectivity index (χ3n) is 4.66. The Morgan fingerprint density at radius 1 is 0.786 bits per heavy atom. The molecule has 1 aromatic heterocycles. The molecule has 0 saturated heterocycles. The van der Waals surface area contributed by atoms with Gasteiger partial charge in [0.05, 0.1) is 17.6 Å². The number of ether oxygens (including phenoxy) is 2. The van der Waals surface area contributed by atoms with Gasteiger partial charge in [-0.25, -0.2) is 4.98 Å². The SMILES string of the molecule is Cc1ccc(OCc2nc3ccccc3n2CCCOc2ccccc2)cc1. The number of nitrogens with zero attached hydrogens (tertiary/aromatic N) is 2. The van der Waals surface area contributed by atoms with Gasteiger partial charge in [0.1, 0.15) is 23.9 Å². The zero-order valence-electron chi connectivity index (χ0n) is 16.0. The van der Waals surface area contributed by atoms with Crippen LogP contribution in [0.3, 0.4) is 0 Å². The number of imidazole rings is 1. The minimum Gasteiger partial charge on any atom is -0.494 e. The van der Waals surface area contributed by atoms with E-state index in [9.17, 15) is 0 Å². The number of aromatic nitrogens is 2. The van der Waals surface area contributed by atoms with E-state index in [0.717, 1.165) is 41.3 Å². The lowest BCUT2D eigenvalue weighted by Crippen LogP contribution is -2.10. The van der Waals surface area contributed by atoms with Crippen LogP contribution < -0.4 is 9.47 Å². The molecule has 0 spiro atoms. The average Bonchev–Trinajstić information content (AvgIpc) is 3.09. The summed E-state index contributed by atoms with van der Waals surface area (Å²) in [6.07, 6.45) is 0.896. The van der Waals surface area contributed by atoms with Crippen molar-refractivity contribution in [1.29, 1.82) is 0 Å². The number of rotatable bonds is 8. The molecule has 4 nitrogen and oxygen atoms in total. The molecule has 0 fully saturated rings. The lowest BCUT2D eigenvalue weighted by molar-refractivity contribution is 0.280. The molecule has 0 amide bonds. The molecule has 3 aromatic carbocycles. The first-order chi connectivity index (χ1) is 13.8. The van der Waals surface area contributed by atoms with Crippen LogP contribution in [0.25, 0.3) is 11.0 Å². The Labute approximate surface area is 165 Å². The quantitative estimate of drug-likeness (QED) is 0.389. The molecule has 0 saturated carbocycles. The standard InChI is InChI=1S/C24H24N2O2/c1-19-12-14-21(15-13-19)28-18-24-25-22-10-5-6-11-23(22)26(24)16-7-17-27-20-8-3-2-4-9-20/h2-6,8-15H,7,16-18H2,1H3. The van der Waals surface area contributed by atoms with Crippen LogP contribution in [-0.4, -0.2) is 16.2 Å². The Hall–Kier alpha value is -3.27. The molecule has 0 aliphatic heterocycles. The van der Waals surface area contributed by atoms with Crippen molar-refractivity contribution in [2.24, 2.45) is 0 Å². The fraction of sp³-hybridized carbons (Fsp3) is 0.208. The van der Waals surface area contributed by atoms with E-state index in [1.165, 1.54) is 5.56 Å². The van der Waals surface area contributed by atoms with Gasteiger partial charge < -0.3 is 14.0 Å². The van der Waals surface area contributed by atoms with Gasteiger partial charge in [-0.3, -0.25) is 0 Å². The highest BCUT2D eigenvalue weighted by Gasteiger charge is 2.11. The third kappa shape index (κ3) is 4.34. The van der Waals surface area contributed by atoms with Crippen molar-refractivity contribution in [3.63, 3.8) is 0 Å². The van der Waals surface area contributed by atoms with E-state index in [-0.39, 0.29) is 0 Å². The van der Waals surface area contributed by atoms with Crippen LogP contribution in [0.1, 0.15) is 17.8 Å². The third-order valence-corrected chi connectivity index (χ3v) is 4.66. The van der Waals surface area contributed by atoms with E-state index in [4.69, 9.17) is 14.5 Å². The normalized spacial score (nSPS) is 10.9. The molecule has 4 heteroatoms. The van der Waals surface area contributed by atoms with Gasteiger partial charge in [0.15, 0.2) is 0 Å². The lowest BCUT2D eigenvalue weighted by atomic mass is 10.2. The molecule has 4 rings (SSSR count). The van der Waals surface area contributed by atoms with Gasteiger partial charge >= 0.3 is 0 Å². The smallest absolute Gasteiger partial charge is 0.147 e. The molecule has 4 aromatic rings. The molecule has 1 heterocycles. The molecule has 0 bridgehead atoms. The second kappa shape index (κ2) is 8.61. The van der Waals surface area contributed by atoms with Crippen LogP contribution >= 0.6 is 0 Å². The Morgan fingerprint density at radius 3 is 2.32 bits per heavy atom. The summed E-state index contributed by atoms with van der Waals surface area (Å²) in [5.74, 6) is 2.69. The average molecular weight is 372 g/mol. The molecule has 0 aliphatic rings. The second-order valence-electron chi connectivity index (χ2n) is 6.79. The first-order valence-corrected chi connectivity index (χ1v) is 9.61. The number of hydrogen-bond donors (Lipinski definition) is 0. The van der Waals surface area contributed by atoms with E-state index in [1.807, 2.05) is 60.7 Å². The minimum absolute atomic E-state index is 0.442. The predicted octanol–water partition coefficient (Wildman–Crippen LogP) is 5.39. The fourth-order valence-corrected chi connectivity index (χ4v) is 3.20. The summed E-state index contributed by atoms with van der Waals surface area (Å²) < 4.78 is 14.0. The van der Waals surface area contributed by atoms with Gasteiger partial charge in [-0.2, -0.15) is 0 Å². The minimum atomic E-state index is 0.442. The van der Waals surface area contributed by atoms with Crippen LogP contribution in [0.4, 0.5) is 0 Å². The van der Waals surface area contributed by atoms with Crippen molar-refractivity contribution in [2.45, 2.75) is 26.5 Å². The fourth-order valence-electron chi connectivity index (χ4n) is 3.20. The maximum absolute atomic E-state index is 5.98. The Balaban J connectivity index is 1.44. The van der Waals surface area contributed by atoms with Crippen LogP contribution in [0.15, 0.2) is 78.9 Å². The van der Waals surface area contributed by atoms with Crippen molar-refractivity contribution < 1.29 is 9.47 Å². The molecule has 0 radical (unpaired) electrons. The summed E-state index contributed by atoms with van der Waals surface area (Å²) in [5, 5.41) is 0. The van der Waals surface area contributed by atoms with E-state index in [2.05, 4.69) is 29.7 Å². The number of benzene rings is 3. The number of aryl methyl sites for hydroxylation is 2. The van der Waals surface area contributed by atoms with Gasteiger partial charge in [0.2, 0.25) is 0 Å². The van der Waals surface area contributed by atoms with Gasteiger partial charge in [0.25, 0.3) is 0 Å². The number of fused-ring (bicyclic) bond motifs is 1. The molecule has 0 aliphatic carbocycles. The Kier molecular flexibility index (Phi) is 5.57. The molecule has 142 valence electrons. The van der Waals surface area contributed by atoms with Crippen molar-refractivity contribution >= 4 is 11.0 Å². The molecular weight excluding hydrogens is 348 g/mol. The van der Waals surface area contributed by atoms with E-state index < -0.39 is 0 Å². The van der Waals surface area contributed by atoms with Crippen molar-refractivity contribution in [2.75, 3.05) is 6.61 Å². The second-order valence-corrected chi connectivity index (χ2v) is 6.79. The highest BCUT2D eigenvalue weighted by molar-refractivity contribution is 5.75. The summed E-state index contributed by atoms with van der Waals surface area (Å²) in [6, 6.07) is 26.2. The van der Waals surface area contributed by atoms with Crippen LogP contribution in [0.2, 0.25) is 0 Å². The molecule has 0 unspecified atom stereocenters. The highest BCUT2D eigenvalue weighted by Crippen LogP contribution is 2.19. The first kappa shape index (κ1) is 18.1. The van der Waals surface area contributed by atoms with Crippen LogP contribution in [0.5, 0.6) is 11.5 Å². The van der Waals surface area contributed by atoms with E-state index in [1.54, 1.807) is 0 Å². The zero-order chi connectivity index (χ0) is 19.2. The van der Waals surface area contributed by atoms with E-state index >= 15 is 0 Å². The predicted molar refractivity (Wildman–Crippen MR) is 112 cm³/mol.